The number of benzene rings is 1. The van der Waals surface area contributed by atoms with E-state index < -0.39 is 49.0 Å². The van der Waals surface area contributed by atoms with Crippen molar-refractivity contribution in [1.82, 2.24) is 9.88 Å². The maximum Gasteiger partial charge on any atom is 0.463 e. The number of amides is 1. The minimum atomic E-state index is -6.19. The lowest BCUT2D eigenvalue weighted by Crippen LogP contribution is -2.50. The van der Waals surface area contributed by atoms with Gasteiger partial charge in [-0.3, -0.25) is 14.2 Å². The van der Waals surface area contributed by atoms with Crippen LogP contribution in [0.15, 0.2) is 30.5 Å². The number of hydrogen-bond donors (Lipinski definition) is 1. The third-order valence-electron chi connectivity index (χ3n) is 3.96. The van der Waals surface area contributed by atoms with Gasteiger partial charge in [0.25, 0.3) is 5.91 Å². The molecule has 166 valence electrons. The Morgan fingerprint density at radius 1 is 0.833 bits per heavy atom. The first-order valence-electron chi connectivity index (χ1n) is 7.83. The molecule has 14 heteroatoms. The summed E-state index contributed by atoms with van der Waals surface area (Å²) in [5, 5.41) is 1.26. The minimum absolute atomic E-state index is 0.00426. The summed E-state index contributed by atoms with van der Waals surface area (Å²) < 4.78 is 126. The monoisotopic (exact) mass is 452 g/mol. The number of carbonyl (C=O) groups is 2. The molecule has 30 heavy (non-hydrogen) atoms. The van der Waals surface area contributed by atoms with Crippen LogP contribution in [0.4, 0.5) is 43.9 Å². The van der Waals surface area contributed by atoms with Gasteiger partial charge in [-0.2, -0.15) is 43.9 Å². The van der Waals surface area contributed by atoms with Crippen LogP contribution in [-0.2, 0) is 11.2 Å². The lowest BCUT2D eigenvalue weighted by Gasteiger charge is -2.18. The van der Waals surface area contributed by atoms with Gasteiger partial charge in [0.05, 0.1) is 5.52 Å². The summed E-state index contributed by atoms with van der Waals surface area (Å²) in [6, 6.07) is 4.76. The summed E-state index contributed by atoms with van der Waals surface area (Å²) in [5.74, 6) is -16.7. The van der Waals surface area contributed by atoms with Crippen molar-refractivity contribution in [3.8, 4) is 0 Å². The second kappa shape index (κ2) is 7.47. The average Bonchev–Trinajstić information content (AvgIpc) is 2.97. The van der Waals surface area contributed by atoms with E-state index >= 15 is 0 Å². The van der Waals surface area contributed by atoms with Crippen LogP contribution < -0.4 is 5.32 Å². The van der Waals surface area contributed by atoms with E-state index in [0.717, 1.165) is 6.07 Å². The van der Waals surface area contributed by atoms with E-state index in [4.69, 9.17) is 0 Å². The highest BCUT2D eigenvalue weighted by Crippen LogP contribution is 2.38. The number of hydrogen-bond acceptors (Lipinski definition) is 2. The molecule has 0 saturated heterocycles. The van der Waals surface area contributed by atoms with Crippen molar-refractivity contribution in [3.63, 3.8) is 0 Å². The number of alkyl halides is 10. The molecule has 1 aromatic heterocycles. The summed E-state index contributed by atoms with van der Waals surface area (Å²) in [6.45, 7) is -0.845. The fraction of sp³-hybridized carbons (Fsp3) is 0.375. The number of nitrogens with one attached hydrogen (secondary N) is 1. The zero-order chi connectivity index (χ0) is 23.1. The van der Waals surface area contributed by atoms with Crippen LogP contribution in [0.3, 0.4) is 0 Å². The first kappa shape index (κ1) is 23.5. The molecule has 0 bridgehead atoms. The summed E-state index contributed by atoms with van der Waals surface area (Å²) >= 11 is 0. The predicted molar refractivity (Wildman–Crippen MR) is 81.3 cm³/mol. The van der Waals surface area contributed by atoms with Gasteiger partial charge >= 0.3 is 30.1 Å². The van der Waals surface area contributed by atoms with E-state index in [9.17, 15) is 53.5 Å². The molecule has 1 N–H and O–H groups in total. The van der Waals surface area contributed by atoms with Gasteiger partial charge < -0.3 is 5.32 Å². The van der Waals surface area contributed by atoms with Crippen LogP contribution in [0.1, 0.15) is 10.4 Å². The first-order chi connectivity index (χ1) is 13.5. The van der Waals surface area contributed by atoms with E-state index in [2.05, 4.69) is 0 Å². The molecule has 4 nitrogen and oxygen atoms in total. The molecule has 0 radical (unpaired) electrons. The number of carbonyl (C=O) groups excluding carboxylic acids is 2. The van der Waals surface area contributed by atoms with Crippen molar-refractivity contribution in [2.24, 2.45) is 0 Å². The molecule has 0 spiro atoms. The molecule has 0 fully saturated rings. The lowest BCUT2D eigenvalue weighted by molar-refractivity contribution is -0.269. The van der Waals surface area contributed by atoms with Crippen molar-refractivity contribution in [2.45, 2.75) is 30.6 Å². The minimum Gasteiger partial charge on any atom is -0.350 e. The Morgan fingerprint density at radius 2 is 1.37 bits per heavy atom. The Balaban J connectivity index is 2.29. The average molecular weight is 452 g/mol. The van der Waals surface area contributed by atoms with Crippen LogP contribution in [0.25, 0.3) is 10.9 Å². The fourth-order valence-electron chi connectivity index (χ4n) is 2.44. The van der Waals surface area contributed by atoms with Crippen LogP contribution >= 0.6 is 0 Å². The first-order valence-corrected chi connectivity index (χ1v) is 7.83. The number of halogens is 10. The highest BCUT2D eigenvalue weighted by Gasteiger charge is 2.64. The molecule has 2 aromatic rings. The van der Waals surface area contributed by atoms with Crippen LogP contribution in [0, 0.1) is 0 Å². The summed E-state index contributed by atoms with van der Waals surface area (Å²) in [5.41, 5.74) is -0.527. The Labute approximate surface area is 160 Å². The number of para-hydroxylation sites is 1. The van der Waals surface area contributed by atoms with Gasteiger partial charge in [0.2, 0.25) is 0 Å². The van der Waals surface area contributed by atoms with Crippen LogP contribution in [-0.4, -0.2) is 47.1 Å². The van der Waals surface area contributed by atoms with Crippen molar-refractivity contribution in [1.29, 1.82) is 0 Å². The largest absolute Gasteiger partial charge is 0.463 e. The molecule has 0 unspecified atom stereocenters. The third kappa shape index (κ3) is 4.07. The Morgan fingerprint density at radius 3 is 1.90 bits per heavy atom. The van der Waals surface area contributed by atoms with E-state index in [1.165, 1.54) is 23.5 Å². The quantitative estimate of drug-likeness (QED) is 0.687. The van der Waals surface area contributed by atoms with Gasteiger partial charge in [0, 0.05) is 18.1 Å². The Hall–Kier alpha value is -2.80. The molecule has 0 aliphatic heterocycles. The second-order valence-corrected chi connectivity index (χ2v) is 6.00. The molecule has 1 heterocycles. The Bertz CT molecular complexity index is 959. The van der Waals surface area contributed by atoms with Crippen molar-refractivity contribution >= 4 is 22.7 Å². The van der Waals surface area contributed by atoms with Gasteiger partial charge in [-0.25, -0.2) is 0 Å². The molecule has 0 atom stereocenters. The molecule has 0 aliphatic rings. The maximum atomic E-state index is 13.4. The highest BCUT2D eigenvalue weighted by atomic mass is 19.4. The number of fused-ring (bicyclic) bond motifs is 1. The summed E-state index contributed by atoms with van der Waals surface area (Å²) in [6.07, 6.45) is -12.3. The smallest absolute Gasteiger partial charge is 0.350 e. The molecule has 1 aromatic carbocycles. The standard InChI is InChI=1S/C16H10F10N2O2/c17-13(18,15(21,22)23)11(29)27-6-5-8-7-28(10-4-2-1-3-9(8)10)12(30)14(19,20)16(24,25)26/h1-4,7H,5-6H2,(H,27,29). The normalized spacial score (nSPS) is 13.5. The highest BCUT2D eigenvalue weighted by molar-refractivity contribution is 5.97. The number of aromatic nitrogens is 1. The maximum absolute atomic E-state index is 13.4. The van der Waals surface area contributed by atoms with E-state index in [1.54, 1.807) is 0 Å². The zero-order valence-electron chi connectivity index (χ0n) is 14.3. The summed E-state index contributed by atoms with van der Waals surface area (Å²) in [7, 11) is 0. The van der Waals surface area contributed by atoms with Gasteiger partial charge in [0.15, 0.2) is 0 Å². The molecular formula is C16H10F10N2O2. The van der Waals surface area contributed by atoms with E-state index in [0.29, 0.717) is 6.20 Å². The predicted octanol–water partition coefficient (Wildman–Crippen LogP) is 4.34. The topological polar surface area (TPSA) is 51.1 Å². The van der Waals surface area contributed by atoms with Gasteiger partial charge in [0.1, 0.15) is 0 Å². The Kier molecular flexibility index (Phi) is 5.84. The summed E-state index contributed by atoms with van der Waals surface area (Å²) in [4.78, 5) is 22.8. The van der Waals surface area contributed by atoms with Crippen LogP contribution in [0.2, 0.25) is 0 Å². The number of nitrogens with zero attached hydrogens (tertiary/aromatic N) is 1. The van der Waals surface area contributed by atoms with Gasteiger partial charge in [-0.15, -0.1) is 0 Å². The molecule has 1 amide bonds. The SMILES string of the molecule is O=C(NCCc1cn(C(=O)C(F)(F)C(F)(F)F)c2ccccc12)C(F)(F)C(F)(F)F. The molecular weight excluding hydrogens is 442 g/mol. The molecule has 2 rings (SSSR count). The third-order valence-corrected chi connectivity index (χ3v) is 3.96. The van der Waals surface area contributed by atoms with Gasteiger partial charge in [-0.1, -0.05) is 18.2 Å². The van der Waals surface area contributed by atoms with Gasteiger partial charge in [-0.05, 0) is 18.1 Å². The van der Waals surface area contributed by atoms with Crippen LogP contribution in [0.5, 0.6) is 0 Å². The van der Waals surface area contributed by atoms with Crippen molar-refractivity contribution in [3.05, 3.63) is 36.0 Å². The zero-order valence-corrected chi connectivity index (χ0v) is 14.3. The molecule has 0 aliphatic carbocycles. The second-order valence-electron chi connectivity index (χ2n) is 6.00. The van der Waals surface area contributed by atoms with E-state index in [-0.39, 0.29) is 21.0 Å². The molecule has 0 saturated carbocycles. The number of rotatable bonds is 5. The fourth-order valence-corrected chi connectivity index (χ4v) is 2.44. The van der Waals surface area contributed by atoms with E-state index in [1.807, 2.05) is 0 Å². The lowest BCUT2D eigenvalue weighted by atomic mass is 10.1. The van der Waals surface area contributed by atoms with Crippen molar-refractivity contribution in [2.75, 3.05) is 6.54 Å². The van der Waals surface area contributed by atoms with Crippen molar-refractivity contribution < 1.29 is 53.5 Å².